The van der Waals surface area contributed by atoms with E-state index < -0.39 is 0 Å². The van der Waals surface area contributed by atoms with Crippen LogP contribution in [-0.2, 0) is 17.1 Å². The first kappa shape index (κ1) is 20.4. The second kappa shape index (κ2) is 9.77. The Labute approximate surface area is 178 Å². The summed E-state index contributed by atoms with van der Waals surface area (Å²) in [6.07, 6.45) is 6.57. The largest absolute Gasteiger partial charge is 2.00 e. The van der Waals surface area contributed by atoms with Crippen molar-refractivity contribution in [3.8, 4) is 11.3 Å². The maximum Gasteiger partial charge on any atom is 2.00 e. The number of hydrogen-bond donors (Lipinski definition) is 1. The Morgan fingerprint density at radius 2 is 1.71 bits per heavy atom. The van der Waals surface area contributed by atoms with Crippen LogP contribution in [0.3, 0.4) is 0 Å². The van der Waals surface area contributed by atoms with Crippen LogP contribution in [0.25, 0.3) is 16.9 Å². The van der Waals surface area contributed by atoms with Crippen molar-refractivity contribution in [2.75, 3.05) is 5.32 Å². The Balaban J connectivity index is 0.000000329. The Hall–Kier alpha value is -2.29. The van der Waals surface area contributed by atoms with E-state index in [4.69, 9.17) is 4.98 Å². The summed E-state index contributed by atoms with van der Waals surface area (Å²) in [5.74, 6) is 1.16. The molecule has 0 radical (unpaired) electrons. The quantitative estimate of drug-likeness (QED) is 0.321. The molecule has 0 spiro atoms. The Kier molecular flexibility index (Phi) is 7.13. The van der Waals surface area contributed by atoms with E-state index in [1.54, 1.807) is 0 Å². The van der Waals surface area contributed by atoms with Crippen molar-refractivity contribution in [3.05, 3.63) is 78.5 Å². The van der Waals surface area contributed by atoms with Gasteiger partial charge in [-0.1, -0.05) is 30.9 Å². The monoisotopic (exact) mass is 413 g/mol. The number of anilines is 1. The van der Waals surface area contributed by atoms with Crippen LogP contribution in [0.15, 0.2) is 72.8 Å². The zero-order chi connectivity index (χ0) is 18.5. The minimum Gasteiger partial charge on any atom is -0.405 e. The number of nitrogens with zero attached hydrogens (tertiary/aromatic N) is 2. The molecule has 4 heteroatoms. The maximum absolute atomic E-state index is 4.88. The molecular formula is C24H27FeN3. The van der Waals surface area contributed by atoms with Crippen molar-refractivity contribution in [3.63, 3.8) is 0 Å². The molecule has 1 fully saturated rings. The van der Waals surface area contributed by atoms with Crippen LogP contribution >= 0.6 is 0 Å². The van der Waals surface area contributed by atoms with Crippen molar-refractivity contribution in [2.24, 2.45) is 0 Å². The van der Waals surface area contributed by atoms with E-state index in [9.17, 15) is 0 Å². The average Bonchev–Trinajstić information content (AvgIpc) is 3.46. The number of hydrogen-bond acceptors (Lipinski definition) is 2. The van der Waals surface area contributed by atoms with E-state index in [2.05, 4.69) is 59.1 Å². The van der Waals surface area contributed by atoms with E-state index in [1.165, 1.54) is 43.4 Å². The van der Waals surface area contributed by atoms with Gasteiger partial charge in [0.15, 0.2) is 0 Å². The Bertz CT molecular complexity index is 928. The van der Waals surface area contributed by atoms with Gasteiger partial charge in [0, 0.05) is 17.4 Å². The van der Waals surface area contributed by atoms with Gasteiger partial charge in [0.2, 0.25) is 0 Å². The summed E-state index contributed by atoms with van der Waals surface area (Å²) < 4.78 is 2.26. The Morgan fingerprint density at radius 3 is 2.36 bits per heavy atom. The molecule has 28 heavy (non-hydrogen) atoms. The number of imidazole rings is 1. The minimum atomic E-state index is 0. The molecule has 0 bridgehead atoms. The first-order valence-electron chi connectivity index (χ1n) is 9.96. The summed E-state index contributed by atoms with van der Waals surface area (Å²) in [7, 11) is 0. The van der Waals surface area contributed by atoms with Gasteiger partial charge in [0.1, 0.15) is 5.65 Å². The predicted molar refractivity (Wildman–Crippen MR) is 113 cm³/mol. The predicted octanol–water partition coefficient (Wildman–Crippen LogP) is 6.18. The molecule has 0 unspecified atom stereocenters. The first-order chi connectivity index (χ1) is 13.3. The molecule has 0 amide bonds. The fourth-order valence-electron chi connectivity index (χ4n) is 3.88. The average molecular weight is 413 g/mol. The van der Waals surface area contributed by atoms with Crippen LogP contribution in [-0.4, -0.2) is 15.4 Å². The van der Waals surface area contributed by atoms with E-state index in [0.29, 0.717) is 6.04 Å². The number of rotatable bonds is 3. The van der Waals surface area contributed by atoms with Crippen LogP contribution in [0.5, 0.6) is 0 Å². The summed E-state index contributed by atoms with van der Waals surface area (Å²) in [6.45, 7) is 2.15. The van der Waals surface area contributed by atoms with Crippen molar-refractivity contribution >= 4 is 11.5 Å². The zero-order valence-electron chi connectivity index (χ0n) is 16.3. The molecule has 1 N–H and O–H groups in total. The van der Waals surface area contributed by atoms with E-state index in [1.807, 2.05) is 30.3 Å². The molecule has 2 aromatic carbocycles. The molecule has 0 aliphatic heterocycles. The molecule has 1 saturated carbocycles. The third-order valence-corrected chi connectivity index (χ3v) is 5.28. The summed E-state index contributed by atoms with van der Waals surface area (Å²) in [5, 5.41) is 3.80. The number of pyridine rings is 1. The van der Waals surface area contributed by atoms with Gasteiger partial charge < -0.3 is 9.72 Å². The number of fused-ring (bicyclic) bond motifs is 1. The summed E-state index contributed by atoms with van der Waals surface area (Å²) in [6, 6.07) is 25.3. The number of aryl methyl sites for hydroxylation is 1. The topological polar surface area (TPSA) is 29.3 Å². The molecule has 0 atom stereocenters. The van der Waals surface area contributed by atoms with Crippen LogP contribution in [0.4, 0.5) is 5.82 Å². The van der Waals surface area contributed by atoms with Crippen molar-refractivity contribution < 1.29 is 17.1 Å². The zero-order valence-corrected chi connectivity index (χ0v) is 17.4. The third kappa shape index (κ3) is 4.57. The van der Waals surface area contributed by atoms with Crippen molar-refractivity contribution in [1.29, 1.82) is 0 Å². The molecule has 4 aromatic rings. The normalized spacial score (nSPS) is 14.2. The van der Waals surface area contributed by atoms with Crippen molar-refractivity contribution in [2.45, 2.75) is 45.1 Å². The molecule has 5 rings (SSSR count). The van der Waals surface area contributed by atoms with Gasteiger partial charge in [-0.3, -0.25) is 0 Å². The SMILES string of the molecule is Cc1cccc2nc(-[c-]3cccc3)c(NC3CCCCC3)n12.[Fe+2].c1cc[cH-]c1. The van der Waals surface area contributed by atoms with Gasteiger partial charge >= 0.3 is 17.1 Å². The number of aromatic nitrogens is 2. The fraction of sp³-hybridized carbons (Fsp3) is 0.292. The summed E-state index contributed by atoms with van der Waals surface area (Å²) >= 11 is 0. The fourth-order valence-corrected chi connectivity index (χ4v) is 3.88. The van der Waals surface area contributed by atoms with E-state index >= 15 is 0 Å². The van der Waals surface area contributed by atoms with Crippen LogP contribution < -0.4 is 5.32 Å². The van der Waals surface area contributed by atoms with Gasteiger partial charge in [-0.05, 0) is 31.9 Å². The van der Waals surface area contributed by atoms with Crippen molar-refractivity contribution in [1.82, 2.24) is 9.38 Å². The molecule has 1 aliphatic rings. The van der Waals surface area contributed by atoms with Crippen LogP contribution in [0, 0.1) is 6.92 Å². The maximum atomic E-state index is 4.88. The standard InChI is InChI=1S/C19H22N3.C5H5.Fe/c1-14-8-7-13-17-21-18(15-9-5-6-10-15)19(22(14)17)20-16-11-3-2-4-12-16;1-2-4-5-3-1;/h5-10,13,16,20H,2-4,11-12H2,1H3;1-5H;/q2*-1;+2. The second-order valence-corrected chi connectivity index (χ2v) is 7.28. The molecule has 3 nitrogen and oxygen atoms in total. The molecule has 1 aliphatic carbocycles. The molecule has 0 saturated heterocycles. The van der Waals surface area contributed by atoms with Gasteiger partial charge in [0.05, 0.1) is 5.82 Å². The molecular weight excluding hydrogens is 386 g/mol. The number of nitrogens with one attached hydrogen (secondary N) is 1. The smallest absolute Gasteiger partial charge is 0.405 e. The minimum absolute atomic E-state index is 0. The van der Waals surface area contributed by atoms with Crippen LogP contribution in [0.1, 0.15) is 37.8 Å². The van der Waals surface area contributed by atoms with Gasteiger partial charge in [-0.15, -0.1) is 12.1 Å². The molecule has 146 valence electrons. The van der Waals surface area contributed by atoms with E-state index in [0.717, 1.165) is 17.2 Å². The van der Waals surface area contributed by atoms with Gasteiger partial charge in [-0.25, -0.2) is 17.1 Å². The second-order valence-electron chi connectivity index (χ2n) is 7.28. The van der Waals surface area contributed by atoms with Gasteiger partial charge in [0.25, 0.3) is 0 Å². The summed E-state index contributed by atoms with van der Waals surface area (Å²) in [4.78, 5) is 4.88. The van der Waals surface area contributed by atoms with Gasteiger partial charge in [-0.2, -0.15) is 30.3 Å². The molecule has 2 aromatic heterocycles. The van der Waals surface area contributed by atoms with Crippen LogP contribution in [0.2, 0.25) is 0 Å². The summed E-state index contributed by atoms with van der Waals surface area (Å²) in [5.41, 5.74) is 4.52. The third-order valence-electron chi connectivity index (χ3n) is 5.28. The molecule has 2 heterocycles. The van der Waals surface area contributed by atoms with E-state index in [-0.39, 0.29) is 17.1 Å². The first-order valence-corrected chi connectivity index (χ1v) is 9.96. The Morgan fingerprint density at radius 1 is 1.00 bits per heavy atom.